The van der Waals surface area contributed by atoms with Gasteiger partial charge in [0.15, 0.2) is 17.7 Å². The topological polar surface area (TPSA) is 129 Å². The summed E-state index contributed by atoms with van der Waals surface area (Å²) < 4.78 is 12.2. The number of methoxy groups -OCH3 is 1. The van der Waals surface area contributed by atoms with Crippen LogP contribution in [0.2, 0.25) is 0 Å². The Hall–Kier alpha value is -1.81. The third kappa shape index (κ3) is 2.05. The Bertz CT molecular complexity index is 658. The number of aliphatic hydroxyl groups is 2. The standard InChI is InChI=1S/C12H17N5O4/c1-12(19)8(18)6(3-20-2)21-11(12)17-5-16-7-9(13)14-4-15-10(7)17/h4-6,8,11,18-19H,3H2,1-2H3,(H2,13,14,15)/t6-,8-,11-,12-/m1/s1. The molecule has 9 heteroatoms. The van der Waals surface area contributed by atoms with E-state index >= 15 is 0 Å². The molecule has 1 fully saturated rings. The van der Waals surface area contributed by atoms with Gasteiger partial charge in [0, 0.05) is 7.11 Å². The fourth-order valence-corrected chi connectivity index (χ4v) is 2.58. The molecule has 4 atom stereocenters. The summed E-state index contributed by atoms with van der Waals surface area (Å²) in [4.78, 5) is 12.1. The predicted molar refractivity (Wildman–Crippen MR) is 72.2 cm³/mol. The van der Waals surface area contributed by atoms with E-state index < -0.39 is 24.0 Å². The molecule has 21 heavy (non-hydrogen) atoms. The first-order valence-corrected chi connectivity index (χ1v) is 6.44. The van der Waals surface area contributed by atoms with Crippen LogP contribution in [0.1, 0.15) is 13.2 Å². The lowest BCUT2D eigenvalue weighted by molar-refractivity contribution is -0.0956. The van der Waals surface area contributed by atoms with Gasteiger partial charge in [-0.2, -0.15) is 0 Å². The molecule has 1 saturated heterocycles. The Balaban J connectivity index is 2.04. The van der Waals surface area contributed by atoms with E-state index in [-0.39, 0.29) is 12.4 Å². The van der Waals surface area contributed by atoms with Crippen molar-refractivity contribution in [1.82, 2.24) is 19.5 Å². The van der Waals surface area contributed by atoms with Gasteiger partial charge in [-0.1, -0.05) is 0 Å². The summed E-state index contributed by atoms with van der Waals surface area (Å²) in [5.41, 5.74) is 5.07. The minimum absolute atomic E-state index is 0.164. The molecule has 3 heterocycles. The molecular formula is C12H17N5O4. The van der Waals surface area contributed by atoms with Gasteiger partial charge in [0.05, 0.1) is 12.9 Å². The Morgan fingerprint density at radius 1 is 1.48 bits per heavy atom. The van der Waals surface area contributed by atoms with Crippen molar-refractivity contribution in [2.45, 2.75) is 31.0 Å². The van der Waals surface area contributed by atoms with Crippen LogP contribution in [-0.4, -0.2) is 61.3 Å². The van der Waals surface area contributed by atoms with E-state index in [1.165, 1.54) is 31.3 Å². The van der Waals surface area contributed by atoms with E-state index in [9.17, 15) is 10.2 Å². The molecule has 1 aliphatic heterocycles. The van der Waals surface area contributed by atoms with Crippen molar-refractivity contribution in [2.75, 3.05) is 19.5 Å². The minimum Gasteiger partial charge on any atom is -0.387 e. The molecule has 114 valence electrons. The van der Waals surface area contributed by atoms with Crippen LogP contribution in [0.5, 0.6) is 0 Å². The molecule has 1 aliphatic rings. The summed E-state index contributed by atoms with van der Waals surface area (Å²) in [6.07, 6.45) is 0.164. The highest BCUT2D eigenvalue weighted by Crippen LogP contribution is 2.39. The molecule has 0 bridgehead atoms. The lowest BCUT2D eigenvalue weighted by Gasteiger charge is -2.27. The second-order valence-electron chi connectivity index (χ2n) is 5.24. The van der Waals surface area contributed by atoms with E-state index in [2.05, 4.69) is 15.0 Å². The smallest absolute Gasteiger partial charge is 0.168 e. The molecule has 2 aromatic rings. The maximum Gasteiger partial charge on any atom is 0.168 e. The van der Waals surface area contributed by atoms with Crippen LogP contribution in [0.3, 0.4) is 0 Å². The molecule has 0 amide bonds. The second-order valence-corrected chi connectivity index (χ2v) is 5.24. The van der Waals surface area contributed by atoms with Crippen LogP contribution in [0.25, 0.3) is 11.2 Å². The summed E-state index contributed by atoms with van der Waals surface area (Å²) in [6, 6.07) is 0. The third-order valence-electron chi connectivity index (χ3n) is 3.73. The monoisotopic (exact) mass is 295 g/mol. The number of imidazole rings is 1. The van der Waals surface area contributed by atoms with Crippen molar-refractivity contribution in [3.05, 3.63) is 12.7 Å². The first-order valence-electron chi connectivity index (χ1n) is 6.44. The van der Waals surface area contributed by atoms with Crippen LogP contribution in [0.15, 0.2) is 12.7 Å². The van der Waals surface area contributed by atoms with Crippen LogP contribution >= 0.6 is 0 Å². The van der Waals surface area contributed by atoms with Gasteiger partial charge in [-0.05, 0) is 6.92 Å². The number of fused-ring (bicyclic) bond motifs is 1. The number of nitrogens with zero attached hydrogens (tertiary/aromatic N) is 4. The Kier molecular flexibility index (Phi) is 3.29. The van der Waals surface area contributed by atoms with Crippen molar-refractivity contribution >= 4 is 17.0 Å². The van der Waals surface area contributed by atoms with Gasteiger partial charge in [0.2, 0.25) is 0 Å². The number of aliphatic hydroxyl groups excluding tert-OH is 1. The number of ether oxygens (including phenoxy) is 2. The van der Waals surface area contributed by atoms with Gasteiger partial charge in [0.1, 0.15) is 29.7 Å². The fourth-order valence-electron chi connectivity index (χ4n) is 2.58. The zero-order valence-corrected chi connectivity index (χ0v) is 11.7. The molecule has 3 rings (SSSR count). The van der Waals surface area contributed by atoms with Crippen LogP contribution in [0, 0.1) is 0 Å². The molecule has 0 aromatic carbocycles. The van der Waals surface area contributed by atoms with Crippen molar-refractivity contribution in [3.63, 3.8) is 0 Å². The molecule has 0 unspecified atom stereocenters. The van der Waals surface area contributed by atoms with E-state index in [0.29, 0.717) is 11.2 Å². The van der Waals surface area contributed by atoms with Gasteiger partial charge >= 0.3 is 0 Å². The number of nitrogens with two attached hydrogens (primary N) is 1. The number of hydrogen-bond donors (Lipinski definition) is 3. The zero-order chi connectivity index (χ0) is 15.2. The minimum atomic E-state index is -1.52. The number of hydrogen-bond acceptors (Lipinski definition) is 8. The molecule has 4 N–H and O–H groups in total. The first-order chi connectivity index (χ1) is 9.96. The summed E-state index contributed by atoms with van der Waals surface area (Å²) in [5.74, 6) is 0.241. The molecule has 2 aromatic heterocycles. The SMILES string of the molecule is COC[C@H]1O[C@@H](n2cnc3c(N)ncnc32)[C@](C)(O)[C@@H]1O. The van der Waals surface area contributed by atoms with Crippen molar-refractivity contribution in [2.24, 2.45) is 0 Å². The number of anilines is 1. The summed E-state index contributed by atoms with van der Waals surface area (Å²) in [5, 5.41) is 20.8. The van der Waals surface area contributed by atoms with E-state index in [0.717, 1.165) is 0 Å². The highest BCUT2D eigenvalue weighted by Gasteiger charge is 2.53. The highest BCUT2D eigenvalue weighted by molar-refractivity contribution is 5.81. The molecule has 0 spiro atoms. The average Bonchev–Trinajstić information content (AvgIpc) is 2.95. The maximum atomic E-state index is 10.6. The van der Waals surface area contributed by atoms with Gasteiger partial charge < -0.3 is 25.4 Å². The van der Waals surface area contributed by atoms with Crippen LogP contribution in [-0.2, 0) is 9.47 Å². The molecule has 9 nitrogen and oxygen atoms in total. The summed E-state index contributed by atoms with van der Waals surface area (Å²) in [7, 11) is 1.50. The Morgan fingerprint density at radius 2 is 2.24 bits per heavy atom. The predicted octanol–water partition coefficient (Wildman–Crippen LogP) is -0.936. The molecular weight excluding hydrogens is 278 g/mol. The van der Waals surface area contributed by atoms with E-state index in [4.69, 9.17) is 15.2 Å². The zero-order valence-electron chi connectivity index (χ0n) is 11.7. The molecule has 0 radical (unpaired) electrons. The van der Waals surface area contributed by atoms with Crippen LogP contribution < -0.4 is 5.73 Å². The first kappa shape index (κ1) is 14.1. The maximum absolute atomic E-state index is 10.6. The molecule has 0 saturated carbocycles. The number of nitrogen functional groups attached to an aromatic ring is 1. The third-order valence-corrected chi connectivity index (χ3v) is 3.73. The van der Waals surface area contributed by atoms with E-state index in [1.54, 1.807) is 0 Å². The second kappa shape index (κ2) is 4.88. The van der Waals surface area contributed by atoms with Crippen LogP contribution in [0.4, 0.5) is 5.82 Å². The van der Waals surface area contributed by atoms with Gasteiger partial charge in [0.25, 0.3) is 0 Å². The van der Waals surface area contributed by atoms with Crippen molar-refractivity contribution in [1.29, 1.82) is 0 Å². The fraction of sp³-hybridized carbons (Fsp3) is 0.583. The highest BCUT2D eigenvalue weighted by atomic mass is 16.6. The van der Waals surface area contributed by atoms with Gasteiger partial charge in [-0.3, -0.25) is 4.57 Å². The Labute approximate surface area is 120 Å². The normalized spacial score (nSPS) is 32.9. The number of aromatic nitrogens is 4. The molecule has 0 aliphatic carbocycles. The average molecular weight is 295 g/mol. The number of rotatable bonds is 3. The van der Waals surface area contributed by atoms with Gasteiger partial charge in [-0.15, -0.1) is 0 Å². The van der Waals surface area contributed by atoms with E-state index in [1.807, 2.05) is 0 Å². The summed E-state index contributed by atoms with van der Waals surface area (Å²) in [6.45, 7) is 1.66. The quantitative estimate of drug-likeness (QED) is 0.662. The summed E-state index contributed by atoms with van der Waals surface area (Å²) >= 11 is 0. The van der Waals surface area contributed by atoms with Gasteiger partial charge in [-0.25, -0.2) is 15.0 Å². The van der Waals surface area contributed by atoms with Crippen molar-refractivity contribution in [3.8, 4) is 0 Å². The lowest BCUT2D eigenvalue weighted by atomic mass is 9.96. The van der Waals surface area contributed by atoms with Crippen molar-refractivity contribution < 1.29 is 19.7 Å². The Morgan fingerprint density at radius 3 is 2.95 bits per heavy atom. The lowest BCUT2D eigenvalue weighted by Crippen LogP contribution is -2.44. The largest absolute Gasteiger partial charge is 0.387 e.